The predicted octanol–water partition coefficient (Wildman–Crippen LogP) is 9.28. The SMILES string of the molecule is CCCC[P+](CCCC)(CCCC)CC(=O)O[P+](CCCC)(CCCC)CCCC. The van der Waals surface area contributed by atoms with Gasteiger partial charge in [-0.2, -0.15) is 0 Å². The van der Waals surface area contributed by atoms with Gasteiger partial charge >= 0.3 is 5.97 Å². The lowest BCUT2D eigenvalue weighted by Crippen LogP contribution is -2.23. The minimum atomic E-state index is -1.60. The number of hydrogen-bond acceptors (Lipinski definition) is 2. The molecule has 0 unspecified atom stereocenters. The maximum Gasteiger partial charge on any atom is 0.386 e. The van der Waals surface area contributed by atoms with Crippen LogP contribution in [-0.2, 0) is 9.32 Å². The maximum absolute atomic E-state index is 13.5. The second-order valence-corrected chi connectivity index (χ2v) is 17.5. The summed E-state index contributed by atoms with van der Waals surface area (Å²) in [5, 5.41) is 0. The van der Waals surface area contributed by atoms with E-state index in [2.05, 4.69) is 41.5 Å². The Labute approximate surface area is 191 Å². The van der Waals surface area contributed by atoms with Crippen molar-refractivity contribution in [2.24, 2.45) is 0 Å². The molecule has 0 N–H and O–H groups in total. The number of unbranched alkanes of at least 4 members (excludes halogenated alkanes) is 6. The summed E-state index contributed by atoms with van der Waals surface area (Å²) < 4.78 is 6.64. The van der Waals surface area contributed by atoms with E-state index in [9.17, 15) is 4.79 Å². The van der Waals surface area contributed by atoms with Crippen molar-refractivity contribution in [2.45, 2.75) is 119 Å². The van der Waals surface area contributed by atoms with Crippen molar-refractivity contribution in [3.05, 3.63) is 0 Å². The fraction of sp³-hybridized carbons (Fsp3) is 0.962. The van der Waals surface area contributed by atoms with Crippen molar-refractivity contribution in [3.63, 3.8) is 0 Å². The van der Waals surface area contributed by atoms with Gasteiger partial charge in [0.15, 0.2) is 13.7 Å². The van der Waals surface area contributed by atoms with Crippen LogP contribution >= 0.6 is 14.8 Å². The summed E-state index contributed by atoms with van der Waals surface area (Å²) in [7, 11) is -2.82. The number of carbonyl (C=O) groups is 1. The zero-order valence-corrected chi connectivity index (χ0v) is 23.4. The normalized spacial score (nSPS) is 12.3. The number of rotatable bonds is 21. The summed E-state index contributed by atoms with van der Waals surface area (Å²) >= 11 is 0. The first kappa shape index (κ1) is 30.3. The highest BCUT2D eigenvalue weighted by Crippen LogP contribution is 2.65. The molecular formula is C26H56O2P2+2. The monoisotopic (exact) mass is 462 g/mol. The van der Waals surface area contributed by atoms with E-state index in [0.717, 1.165) is 6.16 Å². The molecule has 180 valence electrons. The first-order valence-electron chi connectivity index (χ1n) is 13.4. The Morgan fingerprint density at radius 2 is 0.833 bits per heavy atom. The summed E-state index contributed by atoms with van der Waals surface area (Å²) in [6.45, 7) is 13.7. The smallest absolute Gasteiger partial charge is 0.309 e. The van der Waals surface area contributed by atoms with Gasteiger partial charge in [-0.15, -0.1) is 0 Å². The van der Waals surface area contributed by atoms with E-state index in [0.29, 0.717) is 0 Å². The lowest BCUT2D eigenvalue weighted by molar-refractivity contribution is -0.131. The third-order valence-electron chi connectivity index (χ3n) is 6.48. The van der Waals surface area contributed by atoms with E-state index in [-0.39, 0.29) is 5.97 Å². The van der Waals surface area contributed by atoms with E-state index in [1.54, 1.807) is 0 Å². The van der Waals surface area contributed by atoms with Crippen LogP contribution < -0.4 is 0 Å². The molecule has 30 heavy (non-hydrogen) atoms. The molecule has 0 heterocycles. The standard InChI is InChI=1S/C26H56O2P2/c1-7-13-19-29(20-14-8-2,21-15-9-3)25-26(27)28-30(22-16-10-4,23-17-11-5)24-18-12-6/h7-25H2,1-6H3/q+2. The molecule has 0 aromatic rings. The third-order valence-corrected chi connectivity index (χ3v) is 15.2. The van der Waals surface area contributed by atoms with E-state index in [1.165, 1.54) is 114 Å². The van der Waals surface area contributed by atoms with Gasteiger partial charge in [0.25, 0.3) is 0 Å². The molecule has 0 aliphatic carbocycles. The fourth-order valence-corrected chi connectivity index (χ4v) is 13.3. The van der Waals surface area contributed by atoms with Gasteiger partial charge in [0.2, 0.25) is 0 Å². The zero-order valence-electron chi connectivity index (χ0n) is 21.6. The third kappa shape index (κ3) is 13.0. The fourth-order valence-electron chi connectivity index (χ4n) is 4.38. The van der Waals surface area contributed by atoms with Gasteiger partial charge in [-0.1, -0.05) is 80.1 Å². The summed E-state index contributed by atoms with van der Waals surface area (Å²) in [6, 6.07) is 0. The molecular weight excluding hydrogens is 406 g/mol. The minimum absolute atomic E-state index is 0.197. The topological polar surface area (TPSA) is 26.3 Å². The lowest BCUT2D eigenvalue weighted by atomic mass is 10.4. The highest BCUT2D eigenvalue weighted by Gasteiger charge is 2.45. The second-order valence-electron chi connectivity index (χ2n) is 9.48. The molecule has 0 spiro atoms. The van der Waals surface area contributed by atoms with E-state index < -0.39 is 14.8 Å². The molecule has 0 amide bonds. The van der Waals surface area contributed by atoms with Crippen molar-refractivity contribution in [3.8, 4) is 0 Å². The van der Waals surface area contributed by atoms with Gasteiger partial charge in [-0.3, -0.25) is 0 Å². The highest BCUT2D eigenvalue weighted by atomic mass is 31.2. The maximum atomic E-state index is 13.5. The average molecular weight is 463 g/mol. The van der Waals surface area contributed by atoms with Gasteiger partial charge in [-0.25, -0.2) is 4.79 Å². The van der Waals surface area contributed by atoms with Crippen molar-refractivity contribution in [1.29, 1.82) is 0 Å². The molecule has 2 nitrogen and oxygen atoms in total. The quantitative estimate of drug-likeness (QED) is 0.159. The van der Waals surface area contributed by atoms with Crippen molar-refractivity contribution >= 4 is 20.7 Å². The van der Waals surface area contributed by atoms with Gasteiger partial charge in [-0.05, 0) is 38.5 Å². The van der Waals surface area contributed by atoms with Crippen LogP contribution in [-0.4, -0.2) is 49.1 Å². The minimum Gasteiger partial charge on any atom is -0.309 e. The second kappa shape index (κ2) is 18.9. The molecule has 0 bridgehead atoms. The Balaban J connectivity index is 5.50. The van der Waals surface area contributed by atoms with Crippen LogP contribution in [0.15, 0.2) is 0 Å². The number of hydrogen-bond donors (Lipinski definition) is 0. The van der Waals surface area contributed by atoms with Crippen LogP contribution in [0.25, 0.3) is 0 Å². The molecule has 0 aliphatic rings. The first-order valence-corrected chi connectivity index (χ1v) is 18.2. The van der Waals surface area contributed by atoms with E-state index in [1.807, 2.05) is 0 Å². The van der Waals surface area contributed by atoms with Crippen LogP contribution in [0.2, 0.25) is 0 Å². The van der Waals surface area contributed by atoms with E-state index >= 15 is 0 Å². The Morgan fingerprint density at radius 1 is 0.533 bits per heavy atom. The van der Waals surface area contributed by atoms with Crippen molar-refractivity contribution < 1.29 is 9.32 Å². The van der Waals surface area contributed by atoms with Gasteiger partial charge in [0, 0.05) is 7.26 Å². The molecule has 4 heteroatoms. The zero-order chi connectivity index (χ0) is 22.7. The molecule has 0 saturated heterocycles. The van der Waals surface area contributed by atoms with E-state index in [4.69, 9.17) is 4.52 Å². The summed E-state index contributed by atoms with van der Waals surface area (Å²) in [5.41, 5.74) is 0. The van der Waals surface area contributed by atoms with Crippen LogP contribution in [0.4, 0.5) is 0 Å². The van der Waals surface area contributed by atoms with Crippen LogP contribution in [0.1, 0.15) is 119 Å². The van der Waals surface area contributed by atoms with Crippen molar-refractivity contribution in [1.82, 2.24) is 0 Å². The van der Waals surface area contributed by atoms with Gasteiger partial charge in [0.1, 0.15) is 0 Å². The largest absolute Gasteiger partial charge is 0.386 e. The Hall–Kier alpha value is 0.330. The highest BCUT2D eigenvalue weighted by molar-refractivity contribution is 7.77. The first-order chi connectivity index (χ1) is 14.5. The molecule has 0 rings (SSSR count). The lowest BCUT2D eigenvalue weighted by Gasteiger charge is -2.29. The average Bonchev–Trinajstić information content (AvgIpc) is 2.75. The summed E-state index contributed by atoms with van der Waals surface area (Å²) in [5.74, 6) is 0.197. The molecule has 0 aromatic heterocycles. The van der Waals surface area contributed by atoms with Crippen LogP contribution in [0, 0.1) is 0 Å². The molecule has 0 aliphatic heterocycles. The molecule has 0 saturated carbocycles. The predicted molar refractivity (Wildman–Crippen MR) is 143 cm³/mol. The Kier molecular flexibility index (Phi) is 19.1. The van der Waals surface area contributed by atoms with Crippen LogP contribution in [0.3, 0.4) is 0 Å². The Morgan fingerprint density at radius 3 is 1.13 bits per heavy atom. The van der Waals surface area contributed by atoms with Crippen molar-refractivity contribution in [2.75, 3.05) is 43.1 Å². The number of carbonyl (C=O) groups excluding carboxylic acids is 1. The summed E-state index contributed by atoms with van der Waals surface area (Å²) in [6.07, 6.45) is 23.1. The molecule has 0 aromatic carbocycles. The Bertz CT molecular complexity index is 332. The van der Waals surface area contributed by atoms with Crippen LogP contribution in [0.5, 0.6) is 0 Å². The van der Waals surface area contributed by atoms with Gasteiger partial charge in [0.05, 0.1) is 37.0 Å². The molecule has 0 radical (unpaired) electrons. The summed E-state index contributed by atoms with van der Waals surface area (Å²) in [4.78, 5) is 13.5. The van der Waals surface area contributed by atoms with Gasteiger partial charge < -0.3 is 4.52 Å². The molecule has 0 atom stereocenters. The molecule has 0 fully saturated rings.